The Morgan fingerprint density at radius 3 is 1.81 bits per heavy atom. The maximum absolute atomic E-state index is 12.6. The summed E-state index contributed by atoms with van der Waals surface area (Å²) in [6.07, 6.45) is 0. The Hall–Kier alpha value is -4.75. The van der Waals surface area contributed by atoms with E-state index in [2.05, 4.69) is 11.1 Å². The van der Waals surface area contributed by atoms with E-state index in [1.807, 2.05) is 101 Å². The topological polar surface area (TPSA) is 73.0 Å². The van der Waals surface area contributed by atoms with Crippen molar-refractivity contribution >= 4 is 37.4 Å². The lowest BCUT2D eigenvalue weighted by Crippen LogP contribution is -2.08. The monoisotopic (exact) mass is 483 g/mol. The molecule has 0 bridgehead atoms. The van der Waals surface area contributed by atoms with Crippen molar-refractivity contribution in [2.75, 3.05) is 0 Å². The van der Waals surface area contributed by atoms with Crippen LogP contribution in [0.5, 0.6) is 0 Å². The normalized spacial score (nSPS) is 11.4. The van der Waals surface area contributed by atoms with Crippen LogP contribution in [0.3, 0.4) is 0 Å². The molecular formula is C29H17N5OS. The van der Waals surface area contributed by atoms with Crippen molar-refractivity contribution < 1.29 is 0 Å². The lowest BCUT2D eigenvalue weighted by molar-refractivity contribution is 1.07. The Kier molecular flexibility index (Phi) is 4.68. The van der Waals surface area contributed by atoms with Crippen molar-refractivity contribution in [3.05, 3.63) is 113 Å². The highest BCUT2D eigenvalue weighted by Gasteiger charge is 2.15. The van der Waals surface area contributed by atoms with Crippen molar-refractivity contribution in [1.82, 2.24) is 24.3 Å². The van der Waals surface area contributed by atoms with E-state index in [0.717, 1.165) is 32.4 Å². The second-order valence-electron chi connectivity index (χ2n) is 8.37. The first-order valence-electron chi connectivity index (χ1n) is 11.5. The summed E-state index contributed by atoms with van der Waals surface area (Å²) < 4.78 is 3.07. The summed E-state index contributed by atoms with van der Waals surface area (Å²) in [5.74, 6) is 1.82. The van der Waals surface area contributed by atoms with Crippen molar-refractivity contribution in [1.29, 1.82) is 0 Å². The highest BCUT2D eigenvalue weighted by Crippen LogP contribution is 2.32. The third-order valence-corrected chi connectivity index (χ3v) is 7.14. The molecule has 0 atom stereocenters. The van der Waals surface area contributed by atoms with Gasteiger partial charge in [-0.2, -0.15) is 4.98 Å². The van der Waals surface area contributed by atoms with Crippen LogP contribution in [0.1, 0.15) is 0 Å². The Morgan fingerprint density at radius 2 is 1.14 bits per heavy atom. The molecule has 0 fully saturated rings. The van der Waals surface area contributed by atoms with Crippen LogP contribution in [0.2, 0.25) is 0 Å². The molecule has 6 nitrogen and oxygen atoms in total. The lowest BCUT2D eigenvalue weighted by Gasteiger charge is -2.09. The van der Waals surface area contributed by atoms with Gasteiger partial charge in [-0.25, -0.2) is 15.0 Å². The fraction of sp³-hybridized carbons (Fsp3) is 0. The zero-order chi connectivity index (χ0) is 24.1. The molecule has 7 aromatic rings. The molecule has 0 saturated heterocycles. The molecular weight excluding hydrogens is 466 g/mol. The summed E-state index contributed by atoms with van der Waals surface area (Å²) in [6, 6.07) is 33.5. The summed E-state index contributed by atoms with van der Waals surface area (Å²) >= 11 is 1.49. The third kappa shape index (κ3) is 3.37. The van der Waals surface area contributed by atoms with Crippen LogP contribution in [-0.2, 0) is 0 Å². The van der Waals surface area contributed by atoms with Crippen LogP contribution in [0, 0.1) is 0 Å². The molecule has 0 aliphatic rings. The molecule has 0 aliphatic carbocycles. The standard InChI is InChI=1S/C29H17N5OS/c35-28-21-13-7-8-14-22(21)34-23-17-20(15-16-24(23)36-29(34)33-28)27-31-25(18-9-3-1-4-10-18)30-26(32-27)19-11-5-2-6-12-19/h1-17H. The van der Waals surface area contributed by atoms with Crippen LogP contribution in [-0.4, -0.2) is 24.3 Å². The molecule has 0 N–H and O–H groups in total. The number of nitrogens with zero attached hydrogens (tertiary/aromatic N) is 5. The largest absolute Gasteiger partial charge is 0.284 e. The first-order valence-corrected chi connectivity index (χ1v) is 12.3. The molecule has 0 spiro atoms. The average Bonchev–Trinajstić information content (AvgIpc) is 3.31. The molecule has 36 heavy (non-hydrogen) atoms. The van der Waals surface area contributed by atoms with Gasteiger partial charge in [0.15, 0.2) is 22.4 Å². The van der Waals surface area contributed by atoms with Crippen molar-refractivity contribution in [2.45, 2.75) is 0 Å². The van der Waals surface area contributed by atoms with Gasteiger partial charge < -0.3 is 0 Å². The summed E-state index contributed by atoms with van der Waals surface area (Å²) in [5, 5.41) is 0.595. The molecule has 0 amide bonds. The predicted octanol–water partition coefficient (Wildman–Crippen LogP) is 6.25. The number of hydrogen-bond donors (Lipinski definition) is 0. The van der Waals surface area contributed by atoms with Gasteiger partial charge in [-0.15, -0.1) is 0 Å². The van der Waals surface area contributed by atoms with Crippen LogP contribution in [0.25, 0.3) is 60.2 Å². The van der Waals surface area contributed by atoms with Gasteiger partial charge in [0.1, 0.15) is 0 Å². The predicted molar refractivity (Wildman–Crippen MR) is 144 cm³/mol. The second-order valence-corrected chi connectivity index (χ2v) is 9.38. The molecule has 0 aliphatic heterocycles. The van der Waals surface area contributed by atoms with Gasteiger partial charge >= 0.3 is 0 Å². The molecule has 0 saturated carbocycles. The summed E-state index contributed by atoms with van der Waals surface area (Å²) in [4.78, 5) is 32.0. The Morgan fingerprint density at radius 1 is 0.556 bits per heavy atom. The van der Waals surface area contributed by atoms with Crippen molar-refractivity contribution in [3.8, 4) is 34.2 Å². The SMILES string of the molecule is O=c1nc2sc3ccc(-c4nc(-c5ccccc5)nc(-c5ccccc5)n4)cc3n2c2ccccc12. The zero-order valence-electron chi connectivity index (χ0n) is 18.9. The molecule has 3 heterocycles. The van der Waals surface area contributed by atoms with Gasteiger partial charge in [-0.05, 0) is 30.3 Å². The number of thiazole rings is 1. The smallest absolute Gasteiger partial charge is 0.281 e. The first kappa shape index (κ1) is 20.6. The van der Waals surface area contributed by atoms with Gasteiger partial charge in [0.05, 0.1) is 21.1 Å². The number of rotatable bonds is 3. The maximum Gasteiger partial charge on any atom is 0.281 e. The number of aromatic nitrogens is 5. The Labute approximate surface area is 209 Å². The van der Waals surface area contributed by atoms with Gasteiger partial charge in [-0.3, -0.25) is 9.20 Å². The van der Waals surface area contributed by atoms with E-state index in [0.29, 0.717) is 27.8 Å². The molecule has 4 aromatic carbocycles. The Balaban J connectivity index is 1.49. The fourth-order valence-electron chi connectivity index (χ4n) is 4.40. The lowest BCUT2D eigenvalue weighted by atomic mass is 10.1. The fourth-order valence-corrected chi connectivity index (χ4v) is 5.41. The van der Waals surface area contributed by atoms with Crippen LogP contribution in [0.4, 0.5) is 0 Å². The second kappa shape index (κ2) is 8.18. The molecule has 0 radical (unpaired) electrons. The van der Waals surface area contributed by atoms with Gasteiger partial charge in [0.2, 0.25) is 0 Å². The van der Waals surface area contributed by atoms with E-state index in [1.165, 1.54) is 11.3 Å². The van der Waals surface area contributed by atoms with Crippen LogP contribution >= 0.6 is 11.3 Å². The zero-order valence-corrected chi connectivity index (χ0v) is 19.7. The number of para-hydroxylation sites is 1. The van der Waals surface area contributed by atoms with E-state index in [1.54, 1.807) is 0 Å². The molecule has 3 aromatic heterocycles. The van der Waals surface area contributed by atoms with E-state index in [9.17, 15) is 4.79 Å². The summed E-state index contributed by atoms with van der Waals surface area (Å²) in [5.41, 5.74) is 4.29. The number of benzene rings is 4. The summed E-state index contributed by atoms with van der Waals surface area (Å²) in [6.45, 7) is 0. The van der Waals surface area contributed by atoms with E-state index in [4.69, 9.17) is 15.0 Å². The van der Waals surface area contributed by atoms with Crippen molar-refractivity contribution in [3.63, 3.8) is 0 Å². The minimum absolute atomic E-state index is 0.213. The van der Waals surface area contributed by atoms with Gasteiger partial charge in [0, 0.05) is 16.7 Å². The minimum atomic E-state index is -0.213. The molecule has 0 unspecified atom stereocenters. The van der Waals surface area contributed by atoms with Crippen LogP contribution in [0.15, 0.2) is 108 Å². The highest BCUT2D eigenvalue weighted by atomic mass is 32.1. The maximum atomic E-state index is 12.6. The summed E-state index contributed by atoms with van der Waals surface area (Å²) in [7, 11) is 0. The number of fused-ring (bicyclic) bond motifs is 5. The van der Waals surface area contributed by atoms with Gasteiger partial charge in [-0.1, -0.05) is 84.1 Å². The third-order valence-electron chi connectivity index (χ3n) is 6.12. The van der Waals surface area contributed by atoms with E-state index >= 15 is 0 Å². The average molecular weight is 484 g/mol. The van der Waals surface area contributed by atoms with E-state index < -0.39 is 0 Å². The minimum Gasteiger partial charge on any atom is -0.284 e. The Bertz CT molecular complexity index is 1910. The molecule has 170 valence electrons. The van der Waals surface area contributed by atoms with Crippen molar-refractivity contribution in [2.24, 2.45) is 0 Å². The van der Waals surface area contributed by atoms with Crippen LogP contribution < -0.4 is 5.56 Å². The number of hydrogen-bond acceptors (Lipinski definition) is 6. The molecule has 7 rings (SSSR count). The first-order chi connectivity index (χ1) is 17.7. The quantitative estimate of drug-likeness (QED) is 0.297. The molecule has 7 heteroatoms. The van der Waals surface area contributed by atoms with Gasteiger partial charge in [0.25, 0.3) is 5.56 Å². The highest BCUT2D eigenvalue weighted by molar-refractivity contribution is 7.23. The van der Waals surface area contributed by atoms with E-state index in [-0.39, 0.29) is 5.56 Å².